The van der Waals surface area contributed by atoms with Gasteiger partial charge in [-0.25, -0.2) is 0 Å². The number of hydrogen-bond donors (Lipinski definition) is 1. The van der Waals surface area contributed by atoms with Crippen molar-refractivity contribution in [3.63, 3.8) is 0 Å². The van der Waals surface area contributed by atoms with E-state index < -0.39 is 30.1 Å². The summed E-state index contributed by atoms with van der Waals surface area (Å²) in [5, 5.41) is 10.3. The topological polar surface area (TPSA) is 55.8 Å². The van der Waals surface area contributed by atoms with Crippen LogP contribution in [0.15, 0.2) is 36.4 Å². The second kappa shape index (κ2) is 10.1. The van der Waals surface area contributed by atoms with Crippen molar-refractivity contribution in [3.8, 4) is 11.5 Å². The van der Waals surface area contributed by atoms with Gasteiger partial charge in [-0.05, 0) is 41.8 Å². The van der Waals surface area contributed by atoms with Crippen LogP contribution in [0.3, 0.4) is 0 Å². The van der Waals surface area contributed by atoms with E-state index in [9.17, 15) is 23.1 Å². The Morgan fingerprint density at radius 3 is 2.06 bits per heavy atom. The van der Waals surface area contributed by atoms with E-state index in [2.05, 4.69) is 0 Å². The lowest BCUT2D eigenvalue weighted by Crippen LogP contribution is -2.28. The van der Waals surface area contributed by atoms with Crippen LogP contribution in [0, 0.1) is 0 Å². The molecule has 2 aromatic rings. The van der Waals surface area contributed by atoms with E-state index in [1.807, 2.05) is 20.8 Å². The Hall–Kier alpha value is -1.96. The molecule has 0 heterocycles. The lowest BCUT2D eigenvalue weighted by atomic mass is 9.78. The zero-order valence-electron chi connectivity index (χ0n) is 17.2. The molecule has 170 valence electrons. The number of halogens is 5. The van der Waals surface area contributed by atoms with Gasteiger partial charge < -0.3 is 14.6 Å². The van der Waals surface area contributed by atoms with Crippen molar-refractivity contribution in [1.29, 1.82) is 0 Å². The molecule has 0 aliphatic carbocycles. The van der Waals surface area contributed by atoms with Gasteiger partial charge in [-0.2, -0.15) is 13.2 Å². The van der Waals surface area contributed by atoms with Crippen LogP contribution < -0.4 is 9.47 Å². The number of carbonyl (C=O) groups excluding carboxylic acids is 1. The number of ether oxygens (including phenoxy) is 2. The minimum Gasteiger partial charge on any atom is -0.488 e. The third-order valence-electron chi connectivity index (χ3n) is 4.87. The number of aliphatic hydroxyl groups excluding tert-OH is 1. The third-order valence-corrected chi connectivity index (χ3v) is 5.43. The monoisotopic (exact) mass is 478 g/mol. The number of carbonyl (C=O) groups is 1. The molecule has 9 heteroatoms. The first-order valence-corrected chi connectivity index (χ1v) is 10.3. The Morgan fingerprint density at radius 1 is 1.03 bits per heavy atom. The van der Waals surface area contributed by atoms with Gasteiger partial charge in [0.25, 0.3) is 5.78 Å². The number of hydrogen-bond acceptors (Lipinski definition) is 4. The van der Waals surface area contributed by atoms with Crippen molar-refractivity contribution in [3.05, 3.63) is 57.6 Å². The highest BCUT2D eigenvalue weighted by molar-refractivity contribution is 6.37. The summed E-state index contributed by atoms with van der Waals surface area (Å²) < 4.78 is 47.3. The third kappa shape index (κ3) is 6.51. The predicted molar refractivity (Wildman–Crippen MR) is 113 cm³/mol. The van der Waals surface area contributed by atoms with Gasteiger partial charge in [0.05, 0.1) is 16.1 Å². The van der Waals surface area contributed by atoms with E-state index in [-0.39, 0.29) is 18.1 Å². The molecule has 2 aromatic carbocycles. The second-order valence-electron chi connectivity index (χ2n) is 7.50. The minimum absolute atomic E-state index is 0.0665. The Balaban J connectivity index is 2.18. The van der Waals surface area contributed by atoms with Crippen LogP contribution in [0.5, 0.6) is 11.5 Å². The second-order valence-corrected chi connectivity index (χ2v) is 8.32. The average molecular weight is 479 g/mol. The van der Waals surface area contributed by atoms with Crippen LogP contribution in [0.1, 0.15) is 38.3 Å². The normalized spacial score (nSPS) is 13.1. The van der Waals surface area contributed by atoms with E-state index in [0.29, 0.717) is 16.5 Å². The van der Waals surface area contributed by atoms with E-state index in [1.54, 1.807) is 24.3 Å². The molecule has 0 amide bonds. The first-order chi connectivity index (χ1) is 14.4. The summed E-state index contributed by atoms with van der Waals surface area (Å²) in [6.07, 6.45) is -5.02. The molecule has 0 saturated heterocycles. The molecule has 2 rings (SSSR count). The van der Waals surface area contributed by atoms with Gasteiger partial charge in [-0.3, -0.25) is 4.79 Å². The Labute approximate surface area is 188 Å². The summed E-state index contributed by atoms with van der Waals surface area (Å²) in [5.74, 6) is -1.52. The first kappa shape index (κ1) is 25.3. The number of Topliss-reactive ketones (excluding diaryl/α,β-unsaturated/α-hetero) is 1. The fourth-order valence-electron chi connectivity index (χ4n) is 2.72. The molecule has 1 atom stereocenters. The largest absolute Gasteiger partial charge is 0.488 e. The summed E-state index contributed by atoms with van der Waals surface area (Å²) in [4.78, 5) is 10.9. The lowest BCUT2D eigenvalue weighted by molar-refractivity contribution is -0.173. The number of aliphatic hydroxyl groups is 1. The maximum absolute atomic E-state index is 12.3. The van der Waals surface area contributed by atoms with Crippen molar-refractivity contribution < 1.29 is 32.5 Å². The van der Waals surface area contributed by atoms with E-state index in [0.717, 1.165) is 11.1 Å². The number of rotatable bonds is 9. The van der Waals surface area contributed by atoms with Gasteiger partial charge in [-0.1, -0.05) is 56.1 Å². The highest BCUT2D eigenvalue weighted by Gasteiger charge is 2.38. The molecule has 0 bridgehead atoms. The van der Waals surface area contributed by atoms with Crippen LogP contribution in [0.2, 0.25) is 10.0 Å². The Bertz CT molecular complexity index is 889. The maximum Gasteiger partial charge on any atom is 0.453 e. The molecule has 0 aliphatic rings. The predicted octanol–water partition coefficient (Wildman–Crippen LogP) is 5.98. The maximum atomic E-state index is 12.3. The van der Waals surface area contributed by atoms with Crippen LogP contribution in [0.4, 0.5) is 13.2 Å². The number of alkyl halides is 3. The van der Waals surface area contributed by atoms with Crippen molar-refractivity contribution in [2.75, 3.05) is 13.2 Å². The van der Waals surface area contributed by atoms with Gasteiger partial charge in [0.1, 0.15) is 12.4 Å². The van der Waals surface area contributed by atoms with E-state index >= 15 is 0 Å². The Kier molecular flexibility index (Phi) is 8.25. The fourth-order valence-corrected chi connectivity index (χ4v) is 3.32. The van der Waals surface area contributed by atoms with Gasteiger partial charge in [0.2, 0.25) is 0 Å². The minimum atomic E-state index is -4.93. The highest BCUT2D eigenvalue weighted by Crippen LogP contribution is 2.40. The molecule has 31 heavy (non-hydrogen) atoms. The van der Waals surface area contributed by atoms with Crippen molar-refractivity contribution in [1.82, 2.24) is 0 Å². The van der Waals surface area contributed by atoms with Crippen LogP contribution in [0.25, 0.3) is 0 Å². The molecule has 0 fully saturated rings. The van der Waals surface area contributed by atoms with Gasteiger partial charge >= 0.3 is 6.18 Å². The molecular weight excluding hydrogens is 456 g/mol. The van der Waals surface area contributed by atoms with Crippen LogP contribution in [-0.2, 0) is 10.2 Å². The fraction of sp³-hybridized carbons (Fsp3) is 0.409. The smallest absolute Gasteiger partial charge is 0.453 e. The van der Waals surface area contributed by atoms with Crippen LogP contribution in [-0.4, -0.2) is 36.4 Å². The molecule has 0 saturated carbocycles. The molecule has 0 aromatic heterocycles. The Morgan fingerprint density at radius 2 is 1.58 bits per heavy atom. The molecule has 0 aliphatic heterocycles. The van der Waals surface area contributed by atoms with E-state index in [1.165, 1.54) is 12.1 Å². The lowest BCUT2D eigenvalue weighted by Gasteiger charge is -2.27. The number of ketones is 1. The van der Waals surface area contributed by atoms with Crippen molar-refractivity contribution in [2.45, 2.75) is 44.9 Å². The standard InChI is InChI=1S/C22H23Cl2F3O4/c1-4-15(28)11-31-20-17(23)9-14(10-18(20)24)21(2,3)13-5-7-16(8-6-13)30-12-19(29)22(25,26)27/h5-10,15,28H,4,11-12H2,1-3H3/t15-/m1/s1. The van der Waals surface area contributed by atoms with E-state index in [4.69, 9.17) is 32.7 Å². The summed E-state index contributed by atoms with van der Waals surface area (Å²) in [6, 6.07) is 9.80. The van der Waals surface area contributed by atoms with Gasteiger partial charge in [-0.15, -0.1) is 0 Å². The average Bonchev–Trinajstić information content (AvgIpc) is 2.70. The molecular formula is C22H23Cl2F3O4. The quantitative estimate of drug-likeness (QED) is 0.481. The highest BCUT2D eigenvalue weighted by atomic mass is 35.5. The summed E-state index contributed by atoms with van der Waals surface area (Å²) in [5.41, 5.74) is 1.05. The van der Waals surface area contributed by atoms with Crippen molar-refractivity contribution in [2.24, 2.45) is 0 Å². The SMILES string of the molecule is CC[C@@H](O)COc1c(Cl)cc(C(C)(C)c2ccc(OCC(=O)C(F)(F)F)cc2)cc1Cl. The molecule has 0 spiro atoms. The van der Waals surface area contributed by atoms with Gasteiger partial charge in [0.15, 0.2) is 12.4 Å². The summed E-state index contributed by atoms with van der Waals surface area (Å²) in [6.45, 7) is 4.68. The molecule has 1 N–H and O–H groups in total. The zero-order chi connectivity index (χ0) is 23.4. The number of benzene rings is 2. The molecule has 0 radical (unpaired) electrons. The molecule has 0 unspecified atom stereocenters. The van der Waals surface area contributed by atoms with Crippen LogP contribution >= 0.6 is 23.2 Å². The first-order valence-electron chi connectivity index (χ1n) is 9.50. The summed E-state index contributed by atoms with van der Waals surface area (Å²) >= 11 is 12.7. The molecule has 4 nitrogen and oxygen atoms in total. The van der Waals surface area contributed by atoms with Crippen molar-refractivity contribution >= 4 is 29.0 Å². The summed E-state index contributed by atoms with van der Waals surface area (Å²) in [7, 11) is 0. The zero-order valence-corrected chi connectivity index (χ0v) is 18.7. The van der Waals surface area contributed by atoms with Gasteiger partial charge in [0, 0.05) is 5.41 Å².